The molecule has 0 radical (unpaired) electrons. The Morgan fingerprint density at radius 3 is 2.12 bits per heavy atom. The van der Waals surface area contributed by atoms with Crippen LogP contribution in [0.4, 0.5) is 0 Å². The van der Waals surface area contributed by atoms with Crippen molar-refractivity contribution in [1.82, 2.24) is 0 Å². The van der Waals surface area contributed by atoms with Gasteiger partial charge in [0, 0.05) is 10.6 Å². The summed E-state index contributed by atoms with van der Waals surface area (Å²) in [6.45, 7) is -0.388. The number of hydrogen-bond donors (Lipinski definition) is 0. The highest BCUT2D eigenvalue weighted by atomic mass is 35.5. The average molecular weight is 385 g/mol. The van der Waals surface area contributed by atoms with E-state index in [-0.39, 0.29) is 23.0 Å². The van der Waals surface area contributed by atoms with Crippen LogP contribution in [0.1, 0.15) is 20.7 Å². The van der Waals surface area contributed by atoms with E-state index in [9.17, 15) is 9.59 Å². The molecule has 0 saturated heterocycles. The molecule has 0 N–H and O–H groups in total. The van der Waals surface area contributed by atoms with Crippen LogP contribution in [0, 0.1) is 0 Å². The summed E-state index contributed by atoms with van der Waals surface area (Å²) in [5.74, 6) is -0.955. The Kier molecular flexibility index (Phi) is 5.71. The number of carbonyl (C=O) groups is 2. The summed E-state index contributed by atoms with van der Waals surface area (Å²) in [4.78, 5) is 24.3. The molecule has 0 aliphatic rings. The zero-order valence-electron chi connectivity index (χ0n) is 13.6. The standard InChI is InChI=1S/C21H14Cl2O3/c22-17-10-11-18(19(23)12-17)20(24)13-26-21(25)16-8-6-15(7-9-16)14-4-2-1-3-5-14/h1-12H,13H2. The zero-order valence-corrected chi connectivity index (χ0v) is 15.1. The van der Waals surface area contributed by atoms with E-state index in [1.165, 1.54) is 12.1 Å². The maximum Gasteiger partial charge on any atom is 0.338 e. The Bertz CT molecular complexity index is 935. The maximum atomic E-state index is 12.1. The maximum absolute atomic E-state index is 12.1. The molecule has 26 heavy (non-hydrogen) atoms. The third-order valence-corrected chi connectivity index (χ3v) is 4.34. The third kappa shape index (κ3) is 4.31. The van der Waals surface area contributed by atoms with Crippen molar-refractivity contribution in [2.24, 2.45) is 0 Å². The van der Waals surface area contributed by atoms with E-state index in [4.69, 9.17) is 27.9 Å². The number of esters is 1. The molecule has 0 saturated carbocycles. The van der Waals surface area contributed by atoms with Crippen LogP contribution in [-0.2, 0) is 4.74 Å². The van der Waals surface area contributed by atoms with Gasteiger partial charge in [-0.05, 0) is 41.5 Å². The summed E-state index contributed by atoms with van der Waals surface area (Å²) in [5, 5.41) is 0.660. The number of carbonyl (C=O) groups excluding carboxylic acids is 2. The predicted octanol–water partition coefficient (Wildman–Crippen LogP) is 5.70. The normalized spacial score (nSPS) is 10.4. The first-order valence-electron chi connectivity index (χ1n) is 7.85. The van der Waals surface area contributed by atoms with Crippen molar-refractivity contribution in [3.05, 3.63) is 94.0 Å². The number of halogens is 2. The second-order valence-electron chi connectivity index (χ2n) is 5.57. The fraction of sp³-hybridized carbons (Fsp3) is 0.0476. The van der Waals surface area contributed by atoms with Crippen molar-refractivity contribution in [3.8, 4) is 11.1 Å². The van der Waals surface area contributed by atoms with Crippen LogP contribution in [0.3, 0.4) is 0 Å². The first kappa shape index (κ1) is 18.2. The summed E-state index contributed by atoms with van der Waals surface area (Å²) < 4.78 is 5.09. The molecule has 0 aliphatic heterocycles. The van der Waals surface area contributed by atoms with Crippen molar-refractivity contribution in [1.29, 1.82) is 0 Å². The van der Waals surface area contributed by atoms with Gasteiger partial charge in [0.15, 0.2) is 6.61 Å². The largest absolute Gasteiger partial charge is 0.454 e. The van der Waals surface area contributed by atoms with Gasteiger partial charge in [0.2, 0.25) is 5.78 Å². The molecule has 0 aromatic heterocycles. The smallest absolute Gasteiger partial charge is 0.338 e. The van der Waals surface area contributed by atoms with E-state index in [0.717, 1.165) is 11.1 Å². The van der Waals surface area contributed by atoms with Gasteiger partial charge >= 0.3 is 5.97 Å². The van der Waals surface area contributed by atoms with Crippen molar-refractivity contribution >= 4 is 35.0 Å². The van der Waals surface area contributed by atoms with E-state index in [1.54, 1.807) is 18.2 Å². The summed E-state index contributed by atoms with van der Waals surface area (Å²) in [6.07, 6.45) is 0. The molecule has 5 heteroatoms. The molecule has 3 aromatic rings. The molecule has 0 amide bonds. The molecule has 0 atom stereocenters. The van der Waals surface area contributed by atoms with Crippen LogP contribution in [0.25, 0.3) is 11.1 Å². The van der Waals surface area contributed by atoms with E-state index in [2.05, 4.69) is 0 Å². The quantitative estimate of drug-likeness (QED) is 0.418. The van der Waals surface area contributed by atoms with Crippen LogP contribution in [-0.4, -0.2) is 18.4 Å². The number of benzene rings is 3. The SMILES string of the molecule is O=C(OCC(=O)c1ccc(Cl)cc1Cl)c1ccc(-c2ccccc2)cc1. The molecule has 130 valence electrons. The van der Waals surface area contributed by atoms with Gasteiger partial charge in [-0.1, -0.05) is 65.7 Å². The molecular weight excluding hydrogens is 371 g/mol. The van der Waals surface area contributed by atoms with E-state index < -0.39 is 5.97 Å². The fourth-order valence-corrected chi connectivity index (χ4v) is 2.95. The molecule has 0 aliphatic carbocycles. The summed E-state index contributed by atoms with van der Waals surface area (Å²) in [5.41, 5.74) is 2.69. The lowest BCUT2D eigenvalue weighted by Crippen LogP contribution is -2.14. The number of ketones is 1. The van der Waals surface area contributed by atoms with Crippen molar-refractivity contribution < 1.29 is 14.3 Å². The Morgan fingerprint density at radius 2 is 1.46 bits per heavy atom. The second-order valence-corrected chi connectivity index (χ2v) is 6.41. The van der Waals surface area contributed by atoms with Gasteiger partial charge in [-0.2, -0.15) is 0 Å². The molecule has 3 aromatic carbocycles. The minimum Gasteiger partial charge on any atom is -0.454 e. The molecule has 3 nitrogen and oxygen atoms in total. The molecular formula is C21H14Cl2O3. The summed E-state index contributed by atoms with van der Waals surface area (Å²) >= 11 is 11.8. The minimum atomic E-state index is -0.567. The molecule has 0 spiro atoms. The van der Waals surface area contributed by atoms with Crippen LogP contribution in [0.5, 0.6) is 0 Å². The van der Waals surface area contributed by atoms with Crippen LogP contribution in [0.2, 0.25) is 10.0 Å². The van der Waals surface area contributed by atoms with E-state index in [1.807, 2.05) is 42.5 Å². The summed E-state index contributed by atoms with van der Waals surface area (Å²) in [6, 6.07) is 21.4. The van der Waals surface area contributed by atoms with Crippen molar-refractivity contribution in [2.75, 3.05) is 6.61 Å². The first-order chi connectivity index (χ1) is 12.5. The van der Waals surface area contributed by atoms with Gasteiger partial charge in [0.25, 0.3) is 0 Å². The van der Waals surface area contributed by atoms with Gasteiger partial charge < -0.3 is 4.74 Å². The highest BCUT2D eigenvalue weighted by Crippen LogP contribution is 2.22. The van der Waals surface area contributed by atoms with Gasteiger partial charge in [-0.15, -0.1) is 0 Å². The molecule has 0 unspecified atom stereocenters. The molecule has 3 rings (SSSR count). The predicted molar refractivity (Wildman–Crippen MR) is 103 cm³/mol. The zero-order chi connectivity index (χ0) is 18.5. The Hall–Kier alpha value is -2.62. The van der Waals surface area contributed by atoms with E-state index >= 15 is 0 Å². The van der Waals surface area contributed by atoms with E-state index in [0.29, 0.717) is 10.6 Å². The van der Waals surface area contributed by atoms with Crippen LogP contribution in [0.15, 0.2) is 72.8 Å². The number of ether oxygens (including phenoxy) is 1. The third-order valence-electron chi connectivity index (χ3n) is 3.79. The fourth-order valence-electron chi connectivity index (χ4n) is 2.44. The second kappa shape index (κ2) is 8.17. The van der Waals surface area contributed by atoms with Crippen LogP contribution >= 0.6 is 23.2 Å². The first-order valence-corrected chi connectivity index (χ1v) is 8.61. The van der Waals surface area contributed by atoms with Crippen molar-refractivity contribution in [3.63, 3.8) is 0 Å². The number of hydrogen-bond acceptors (Lipinski definition) is 3. The lowest BCUT2D eigenvalue weighted by molar-refractivity contribution is 0.0475. The molecule has 0 heterocycles. The van der Waals surface area contributed by atoms with Gasteiger partial charge in [-0.25, -0.2) is 4.79 Å². The topological polar surface area (TPSA) is 43.4 Å². The Labute approximate surface area is 161 Å². The lowest BCUT2D eigenvalue weighted by atomic mass is 10.0. The average Bonchev–Trinajstić information content (AvgIpc) is 2.66. The molecule has 0 bridgehead atoms. The Balaban J connectivity index is 1.64. The van der Waals surface area contributed by atoms with Gasteiger partial charge in [-0.3, -0.25) is 4.79 Å². The highest BCUT2D eigenvalue weighted by Gasteiger charge is 2.14. The number of rotatable bonds is 5. The summed E-state index contributed by atoms with van der Waals surface area (Å²) in [7, 11) is 0. The van der Waals surface area contributed by atoms with Crippen molar-refractivity contribution in [2.45, 2.75) is 0 Å². The van der Waals surface area contributed by atoms with Gasteiger partial charge in [0.05, 0.1) is 10.6 Å². The Morgan fingerprint density at radius 1 is 0.808 bits per heavy atom. The minimum absolute atomic E-state index is 0.228. The number of Topliss-reactive ketones (excluding diaryl/α,β-unsaturated/α-hetero) is 1. The molecule has 0 fully saturated rings. The van der Waals surface area contributed by atoms with Crippen LogP contribution < -0.4 is 0 Å². The lowest BCUT2D eigenvalue weighted by Gasteiger charge is -2.07. The monoisotopic (exact) mass is 384 g/mol. The van der Waals surface area contributed by atoms with Gasteiger partial charge in [0.1, 0.15) is 0 Å². The highest BCUT2D eigenvalue weighted by molar-refractivity contribution is 6.36.